The number of nitrogens with zero attached hydrogens (tertiary/aromatic N) is 1. The van der Waals surface area contributed by atoms with Crippen molar-refractivity contribution in [3.8, 4) is 5.75 Å². The first kappa shape index (κ1) is 27.8. The van der Waals surface area contributed by atoms with E-state index in [4.69, 9.17) is 4.74 Å². The minimum Gasteiger partial charge on any atom is -0.497 e. The Morgan fingerprint density at radius 1 is 0.886 bits per heavy atom. The first-order valence-electron chi connectivity index (χ1n) is 15.1. The molecule has 7 rings (SSSR count). The van der Waals surface area contributed by atoms with E-state index in [0.29, 0.717) is 28.5 Å². The Hall–Kier alpha value is -4.97. The molecule has 3 heterocycles. The first-order chi connectivity index (χ1) is 21.3. The summed E-state index contributed by atoms with van der Waals surface area (Å²) in [6, 6.07) is 28.7. The number of benzene rings is 4. The van der Waals surface area contributed by atoms with Gasteiger partial charge in [0, 0.05) is 23.0 Å². The lowest BCUT2D eigenvalue weighted by atomic mass is 9.62. The Morgan fingerprint density at radius 3 is 2.41 bits per heavy atom. The van der Waals surface area contributed by atoms with E-state index in [1.807, 2.05) is 90.0 Å². The molecule has 0 unspecified atom stereocenters. The van der Waals surface area contributed by atoms with Crippen molar-refractivity contribution < 1.29 is 19.1 Å². The van der Waals surface area contributed by atoms with Crippen molar-refractivity contribution in [1.29, 1.82) is 0 Å². The number of ether oxygens (including phenoxy) is 1. The average molecular weight is 583 g/mol. The molecule has 0 bridgehead atoms. The molecule has 3 aliphatic rings. The number of hydrogen-bond donors (Lipinski definition) is 1. The van der Waals surface area contributed by atoms with Crippen LogP contribution in [0.3, 0.4) is 0 Å². The number of anilines is 1. The van der Waals surface area contributed by atoms with E-state index in [2.05, 4.69) is 19.2 Å². The van der Waals surface area contributed by atoms with Gasteiger partial charge >= 0.3 is 0 Å². The Labute approximate surface area is 257 Å². The zero-order valence-electron chi connectivity index (χ0n) is 25.0. The minimum atomic E-state index is -1.36. The van der Waals surface area contributed by atoms with Crippen LogP contribution in [0.4, 0.5) is 5.69 Å². The van der Waals surface area contributed by atoms with E-state index in [0.717, 1.165) is 28.7 Å². The van der Waals surface area contributed by atoms with E-state index in [9.17, 15) is 9.59 Å². The number of para-hydroxylation sites is 1. The van der Waals surface area contributed by atoms with Crippen LogP contribution in [0.1, 0.15) is 62.9 Å². The Bertz CT molecular complexity index is 1820. The van der Waals surface area contributed by atoms with Crippen molar-refractivity contribution in [3.05, 3.63) is 137 Å². The number of rotatable bonds is 7. The second-order valence-electron chi connectivity index (χ2n) is 12.3. The van der Waals surface area contributed by atoms with Crippen molar-refractivity contribution in [2.45, 2.75) is 37.8 Å². The summed E-state index contributed by atoms with van der Waals surface area (Å²) in [6.45, 7) is 4.32. The molecule has 1 spiro atoms. The lowest BCUT2D eigenvalue weighted by molar-refractivity contribution is -0.122. The molecule has 0 aliphatic carbocycles. The standard InChI is InChI=1S/C38H34N2O4/c1-23(2)21-24-15-17-26(18-16-24)34(41)32-33(35(42)27-10-8-11-28(22-27)44-3)40-20-19-25-9-4-5-12-29(25)36(40)38(32)30-13-6-7-14-31(30)39-37(38)43/h4-20,22-23,32-33,36H,21H2,1-3H3,(H,39,43)/t32-,33+,36+,38-/m1/s1. The summed E-state index contributed by atoms with van der Waals surface area (Å²) in [6.07, 6.45) is 4.76. The van der Waals surface area contributed by atoms with E-state index in [1.165, 1.54) is 0 Å². The van der Waals surface area contributed by atoms with Crippen LogP contribution in [0.5, 0.6) is 5.75 Å². The molecule has 220 valence electrons. The minimum absolute atomic E-state index is 0.227. The van der Waals surface area contributed by atoms with Gasteiger partial charge in [-0.3, -0.25) is 14.4 Å². The van der Waals surface area contributed by atoms with Gasteiger partial charge in [0.25, 0.3) is 0 Å². The maximum absolute atomic E-state index is 15.0. The zero-order valence-corrected chi connectivity index (χ0v) is 25.0. The van der Waals surface area contributed by atoms with Crippen LogP contribution in [-0.4, -0.2) is 35.5 Å². The molecule has 0 radical (unpaired) electrons. The predicted molar refractivity (Wildman–Crippen MR) is 171 cm³/mol. The fourth-order valence-electron chi connectivity index (χ4n) is 7.57. The summed E-state index contributed by atoms with van der Waals surface area (Å²) in [5.41, 5.74) is 3.97. The zero-order chi connectivity index (χ0) is 30.6. The lowest BCUT2D eigenvalue weighted by Crippen LogP contribution is -2.49. The van der Waals surface area contributed by atoms with E-state index in [1.54, 1.807) is 31.4 Å². The van der Waals surface area contributed by atoms with Crippen LogP contribution in [0.15, 0.2) is 103 Å². The number of hydrogen-bond acceptors (Lipinski definition) is 5. The molecule has 4 aromatic rings. The van der Waals surface area contributed by atoms with Crippen molar-refractivity contribution in [1.82, 2.24) is 4.90 Å². The Kier molecular flexibility index (Phi) is 6.73. The summed E-state index contributed by atoms with van der Waals surface area (Å²) in [4.78, 5) is 46.3. The molecule has 3 aliphatic heterocycles. The number of nitrogens with one attached hydrogen (secondary N) is 1. The molecule has 1 saturated heterocycles. The Morgan fingerprint density at radius 2 is 1.64 bits per heavy atom. The highest BCUT2D eigenvalue weighted by Crippen LogP contribution is 2.62. The van der Waals surface area contributed by atoms with Crippen LogP contribution < -0.4 is 10.1 Å². The number of amides is 1. The van der Waals surface area contributed by atoms with Crippen molar-refractivity contribution in [3.63, 3.8) is 0 Å². The number of carbonyl (C=O) groups is 3. The van der Waals surface area contributed by atoms with E-state index < -0.39 is 23.4 Å². The molecular formula is C38H34N2O4. The smallest absolute Gasteiger partial charge is 0.238 e. The monoisotopic (exact) mass is 582 g/mol. The number of fused-ring (bicyclic) bond motifs is 6. The third-order valence-corrected chi connectivity index (χ3v) is 9.36. The molecule has 6 heteroatoms. The molecule has 4 aromatic carbocycles. The fourth-order valence-corrected chi connectivity index (χ4v) is 7.57. The van der Waals surface area contributed by atoms with Gasteiger partial charge in [-0.05, 0) is 58.9 Å². The number of ketones is 2. The normalized spacial score (nSPS) is 22.9. The SMILES string of the molecule is COc1cccc(C(=O)[C@@H]2[C@H](C(=O)c3ccc(CC(C)C)cc3)[C@@]3(C(=O)Nc4ccccc43)[C@@H]3c4ccccc4C=CN23)c1. The van der Waals surface area contributed by atoms with Crippen LogP contribution in [0.2, 0.25) is 0 Å². The highest BCUT2D eigenvalue weighted by molar-refractivity contribution is 6.16. The van der Waals surface area contributed by atoms with Gasteiger partial charge in [0.05, 0.1) is 19.1 Å². The van der Waals surface area contributed by atoms with Gasteiger partial charge in [0.15, 0.2) is 11.6 Å². The van der Waals surface area contributed by atoms with Gasteiger partial charge in [-0.25, -0.2) is 0 Å². The third-order valence-electron chi connectivity index (χ3n) is 9.36. The average Bonchev–Trinajstić information content (AvgIpc) is 3.52. The Balaban J connectivity index is 1.48. The highest BCUT2D eigenvalue weighted by atomic mass is 16.5. The summed E-state index contributed by atoms with van der Waals surface area (Å²) in [5, 5.41) is 3.11. The van der Waals surface area contributed by atoms with Crippen molar-refractivity contribution in [2.75, 3.05) is 12.4 Å². The quantitative estimate of drug-likeness (QED) is 0.241. The summed E-state index contributed by atoms with van der Waals surface area (Å²) < 4.78 is 5.45. The van der Waals surface area contributed by atoms with Crippen molar-refractivity contribution >= 4 is 29.2 Å². The van der Waals surface area contributed by atoms with Gasteiger partial charge in [-0.15, -0.1) is 0 Å². The predicted octanol–water partition coefficient (Wildman–Crippen LogP) is 6.88. The van der Waals surface area contributed by atoms with Gasteiger partial charge < -0.3 is 15.0 Å². The molecule has 1 amide bonds. The highest BCUT2D eigenvalue weighted by Gasteiger charge is 2.70. The van der Waals surface area contributed by atoms with Gasteiger partial charge in [0.1, 0.15) is 17.2 Å². The second kappa shape index (κ2) is 10.6. The topological polar surface area (TPSA) is 75.7 Å². The fraction of sp³-hybridized carbons (Fsp3) is 0.237. The van der Waals surface area contributed by atoms with Crippen LogP contribution in [-0.2, 0) is 16.6 Å². The molecule has 4 atom stereocenters. The summed E-state index contributed by atoms with van der Waals surface area (Å²) >= 11 is 0. The maximum Gasteiger partial charge on any atom is 0.238 e. The number of methoxy groups -OCH3 is 1. The summed E-state index contributed by atoms with van der Waals surface area (Å²) in [5.74, 6) is -0.722. The van der Waals surface area contributed by atoms with Gasteiger partial charge in [-0.2, -0.15) is 0 Å². The van der Waals surface area contributed by atoms with Gasteiger partial charge in [-0.1, -0.05) is 92.7 Å². The number of carbonyl (C=O) groups excluding carboxylic acids is 3. The van der Waals surface area contributed by atoms with Crippen molar-refractivity contribution in [2.24, 2.45) is 11.8 Å². The van der Waals surface area contributed by atoms with Crippen LogP contribution in [0, 0.1) is 11.8 Å². The molecule has 6 nitrogen and oxygen atoms in total. The third kappa shape index (κ3) is 4.12. The molecule has 44 heavy (non-hydrogen) atoms. The molecule has 1 fully saturated rings. The van der Waals surface area contributed by atoms with Crippen LogP contribution >= 0.6 is 0 Å². The first-order valence-corrected chi connectivity index (χ1v) is 15.1. The summed E-state index contributed by atoms with van der Waals surface area (Å²) in [7, 11) is 1.56. The van der Waals surface area contributed by atoms with E-state index >= 15 is 4.79 Å². The largest absolute Gasteiger partial charge is 0.497 e. The molecule has 0 saturated carbocycles. The molecule has 0 aromatic heterocycles. The number of Topliss-reactive ketones (excluding diaryl/α,β-unsaturated/α-hetero) is 2. The second-order valence-corrected chi connectivity index (χ2v) is 12.3. The maximum atomic E-state index is 15.0. The molecular weight excluding hydrogens is 548 g/mol. The lowest BCUT2D eigenvalue weighted by Gasteiger charge is -2.38. The van der Waals surface area contributed by atoms with Crippen LogP contribution in [0.25, 0.3) is 6.08 Å². The van der Waals surface area contributed by atoms with Gasteiger partial charge in [0.2, 0.25) is 5.91 Å². The molecule has 1 N–H and O–H groups in total. The van der Waals surface area contributed by atoms with E-state index in [-0.39, 0.29) is 17.5 Å².